The number of hydrogen-bond donors (Lipinski definition) is 2. The molecule has 7 heteroatoms. The first-order valence-electron chi connectivity index (χ1n) is 8.47. The van der Waals surface area contributed by atoms with Gasteiger partial charge in [-0.1, -0.05) is 43.9 Å². The summed E-state index contributed by atoms with van der Waals surface area (Å²) in [5.74, 6) is 4.20. The van der Waals surface area contributed by atoms with Crippen molar-refractivity contribution in [1.82, 2.24) is 0 Å². The van der Waals surface area contributed by atoms with E-state index < -0.39 is 23.6 Å². The van der Waals surface area contributed by atoms with Gasteiger partial charge in [0.2, 0.25) is 0 Å². The second-order valence-electron chi connectivity index (χ2n) is 6.80. The van der Waals surface area contributed by atoms with Gasteiger partial charge in [-0.05, 0) is 48.6 Å². The molecule has 146 valence electrons. The molecule has 0 unspecified atom stereocenters. The zero-order chi connectivity index (χ0) is 20.3. The van der Waals surface area contributed by atoms with E-state index in [-0.39, 0.29) is 54.8 Å². The Morgan fingerprint density at radius 1 is 1.29 bits per heavy atom. The number of rotatable bonds is 9. The van der Waals surface area contributed by atoms with E-state index in [0.29, 0.717) is 5.75 Å². The van der Waals surface area contributed by atoms with Crippen molar-refractivity contribution < 1.29 is 58.8 Å². The summed E-state index contributed by atoms with van der Waals surface area (Å²) in [6, 6.07) is 5.49. The van der Waals surface area contributed by atoms with Crippen LogP contribution in [0.5, 0.6) is 5.75 Å². The monoisotopic (exact) mass is 398 g/mol. The molecule has 2 N–H and O–H groups in total. The third kappa shape index (κ3) is 12.7. The summed E-state index contributed by atoms with van der Waals surface area (Å²) in [7, 11) is 0. The smallest absolute Gasteiger partial charge is 0.550 e. The van der Waals surface area contributed by atoms with Gasteiger partial charge in [-0.25, -0.2) is 4.39 Å². The van der Waals surface area contributed by atoms with Crippen LogP contribution in [0, 0.1) is 23.1 Å². The second-order valence-corrected chi connectivity index (χ2v) is 6.80. The van der Waals surface area contributed by atoms with E-state index in [9.17, 15) is 24.5 Å². The van der Waals surface area contributed by atoms with Crippen molar-refractivity contribution in [3.05, 3.63) is 54.4 Å². The molecule has 0 fully saturated rings. The number of aliphatic hydroxyl groups excluding tert-OH is 2. The summed E-state index contributed by atoms with van der Waals surface area (Å²) in [5, 5.41) is 30.2. The van der Waals surface area contributed by atoms with Crippen LogP contribution >= 0.6 is 0 Å². The number of ether oxygens (including phenoxy) is 1. The van der Waals surface area contributed by atoms with Gasteiger partial charge in [0.05, 0.1) is 0 Å². The molecule has 0 aliphatic heterocycles. The predicted molar refractivity (Wildman–Crippen MR) is 98.0 cm³/mol. The van der Waals surface area contributed by atoms with Gasteiger partial charge < -0.3 is 24.9 Å². The first-order valence-corrected chi connectivity index (χ1v) is 8.47. The molecule has 0 aromatic heterocycles. The van der Waals surface area contributed by atoms with Gasteiger partial charge in [0.1, 0.15) is 30.4 Å². The minimum atomic E-state index is -1.16. The van der Waals surface area contributed by atoms with Crippen LogP contribution in [-0.4, -0.2) is 35.0 Å². The SMILES string of the molecule is CC(C)(CC(=O)[O-])C[C@H](O)C#C/C=C/C=C/[C@H](O)COc1ccc(F)cc1.[Na+]. The predicted octanol–water partition coefficient (Wildman–Crippen LogP) is -1.40. The fourth-order valence-electron chi connectivity index (χ4n) is 2.25. The van der Waals surface area contributed by atoms with Gasteiger partial charge >= 0.3 is 29.6 Å². The number of benzene rings is 1. The molecule has 1 aromatic carbocycles. The molecule has 28 heavy (non-hydrogen) atoms. The Morgan fingerprint density at radius 2 is 1.93 bits per heavy atom. The largest absolute Gasteiger partial charge is 1.00 e. The number of carboxylic acid groups (broad SMARTS) is 1. The molecule has 0 aliphatic rings. The number of carboxylic acids is 1. The Labute approximate surface area is 187 Å². The Bertz CT molecular complexity index is 717. The first-order chi connectivity index (χ1) is 12.7. The van der Waals surface area contributed by atoms with E-state index in [2.05, 4.69) is 11.8 Å². The number of aliphatic hydroxyl groups is 2. The van der Waals surface area contributed by atoms with E-state index in [1.165, 1.54) is 36.4 Å². The van der Waals surface area contributed by atoms with Crippen molar-refractivity contribution in [1.29, 1.82) is 0 Å². The molecule has 2 atom stereocenters. The number of allylic oxidation sites excluding steroid dienone is 3. The second kappa shape index (κ2) is 13.5. The van der Waals surface area contributed by atoms with Crippen LogP contribution in [0.4, 0.5) is 4.39 Å². The molecule has 1 aromatic rings. The van der Waals surface area contributed by atoms with Crippen molar-refractivity contribution in [3.63, 3.8) is 0 Å². The van der Waals surface area contributed by atoms with Crippen molar-refractivity contribution in [2.45, 2.75) is 38.9 Å². The summed E-state index contributed by atoms with van der Waals surface area (Å²) in [6.07, 6.45) is 4.46. The molecule has 0 aliphatic carbocycles. The number of halogens is 1. The summed E-state index contributed by atoms with van der Waals surface area (Å²) in [5.41, 5.74) is -0.606. The maximum Gasteiger partial charge on any atom is 1.00 e. The van der Waals surface area contributed by atoms with Gasteiger partial charge in [0, 0.05) is 5.97 Å². The minimum absolute atomic E-state index is 0. The van der Waals surface area contributed by atoms with Gasteiger partial charge in [-0.15, -0.1) is 0 Å². The molecule has 1 rings (SSSR count). The molecule has 0 amide bonds. The van der Waals surface area contributed by atoms with Crippen LogP contribution in [0.3, 0.4) is 0 Å². The Hall–Kier alpha value is -1.62. The van der Waals surface area contributed by atoms with Crippen LogP contribution in [-0.2, 0) is 4.79 Å². The van der Waals surface area contributed by atoms with E-state index in [0.717, 1.165) is 0 Å². The molecular weight excluding hydrogens is 374 g/mol. The average molecular weight is 398 g/mol. The van der Waals surface area contributed by atoms with E-state index in [1.54, 1.807) is 26.0 Å². The zero-order valence-electron chi connectivity index (χ0n) is 16.4. The number of carbonyl (C=O) groups excluding carboxylic acids is 1. The Balaban J connectivity index is 0.00000729. The van der Waals surface area contributed by atoms with E-state index >= 15 is 0 Å². The summed E-state index contributed by atoms with van der Waals surface area (Å²) < 4.78 is 18.1. The number of carbonyl (C=O) groups is 1. The topological polar surface area (TPSA) is 89.8 Å². The fourth-order valence-corrected chi connectivity index (χ4v) is 2.25. The molecule has 0 bridgehead atoms. The zero-order valence-corrected chi connectivity index (χ0v) is 18.4. The third-order valence-corrected chi connectivity index (χ3v) is 3.48. The van der Waals surface area contributed by atoms with Crippen molar-refractivity contribution in [2.24, 2.45) is 5.41 Å². The maximum absolute atomic E-state index is 12.8. The molecular formula is C21H24FNaO5. The van der Waals surface area contributed by atoms with E-state index in [1.807, 2.05) is 0 Å². The van der Waals surface area contributed by atoms with Crippen LogP contribution < -0.4 is 39.4 Å². The average Bonchev–Trinajstić information content (AvgIpc) is 2.55. The van der Waals surface area contributed by atoms with Crippen molar-refractivity contribution in [3.8, 4) is 17.6 Å². The maximum atomic E-state index is 12.8. The van der Waals surface area contributed by atoms with Gasteiger partial charge in [0.25, 0.3) is 0 Å². The molecule has 0 saturated heterocycles. The summed E-state index contributed by atoms with van der Waals surface area (Å²) in [4.78, 5) is 10.6. The Morgan fingerprint density at radius 3 is 2.54 bits per heavy atom. The molecule has 0 radical (unpaired) electrons. The molecule has 0 saturated carbocycles. The molecule has 0 spiro atoms. The van der Waals surface area contributed by atoms with Gasteiger partial charge in [0.15, 0.2) is 0 Å². The molecule has 0 heterocycles. The Kier molecular flexibility index (Phi) is 12.8. The normalized spacial score (nSPS) is 13.5. The van der Waals surface area contributed by atoms with Crippen LogP contribution in [0.25, 0.3) is 0 Å². The minimum Gasteiger partial charge on any atom is -0.550 e. The quantitative estimate of drug-likeness (QED) is 0.304. The van der Waals surface area contributed by atoms with Crippen molar-refractivity contribution >= 4 is 5.97 Å². The summed E-state index contributed by atoms with van der Waals surface area (Å²) >= 11 is 0. The van der Waals surface area contributed by atoms with Gasteiger partial charge in [-0.3, -0.25) is 0 Å². The van der Waals surface area contributed by atoms with Crippen LogP contribution in [0.1, 0.15) is 26.7 Å². The summed E-state index contributed by atoms with van der Waals surface area (Å²) in [6.45, 7) is 3.47. The standard InChI is InChI=1S/C21H25FO5.Na/c1-21(2,14-20(25)26)13-17(23)7-5-3-4-6-8-18(24)15-27-19-11-9-16(22)10-12-19;/h3-4,6,8-12,17-18,23-24H,13-15H2,1-2H3,(H,25,26);/q;+1/p-1/b4-3+,8-6+;/t17-,18+;/m1./s1. The van der Waals surface area contributed by atoms with Crippen molar-refractivity contribution in [2.75, 3.05) is 6.61 Å². The first kappa shape index (κ1) is 26.4. The van der Waals surface area contributed by atoms with Gasteiger partial charge in [-0.2, -0.15) is 0 Å². The fraction of sp³-hybridized carbons (Fsp3) is 0.381. The molecule has 5 nitrogen and oxygen atoms in total. The number of hydrogen-bond acceptors (Lipinski definition) is 5. The van der Waals surface area contributed by atoms with Crippen LogP contribution in [0.2, 0.25) is 0 Å². The van der Waals surface area contributed by atoms with E-state index in [4.69, 9.17) is 4.74 Å². The number of aliphatic carboxylic acids is 1. The van der Waals surface area contributed by atoms with Crippen LogP contribution in [0.15, 0.2) is 48.6 Å². The third-order valence-electron chi connectivity index (χ3n) is 3.48.